The van der Waals surface area contributed by atoms with Crippen molar-refractivity contribution in [1.29, 1.82) is 0 Å². The zero-order valence-electron chi connectivity index (χ0n) is 8.07. The van der Waals surface area contributed by atoms with Crippen LogP contribution in [-0.4, -0.2) is 5.78 Å². The fourth-order valence-corrected chi connectivity index (χ4v) is 1.29. The number of hydrogen-bond acceptors (Lipinski definition) is 1. The zero-order valence-corrected chi connectivity index (χ0v) is 8.07. The average molecular weight is 220 g/mol. The monoisotopic (exact) mass is 220 g/mol. The summed E-state index contributed by atoms with van der Waals surface area (Å²) in [5.41, 5.74) is -2.13. The van der Waals surface area contributed by atoms with Crippen molar-refractivity contribution in [2.24, 2.45) is 0 Å². The molecule has 15 heavy (non-hydrogen) atoms. The van der Waals surface area contributed by atoms with Crippen LogP contribution in [0.5, 0.6) is 0 Å². The molecule has 0 radical (unpaired) electrons. The number of alkyl halides is 3. The first-order valence-electron chi connectivity index (χ1n) is 4.12. The maximum Gasteiger partial charge on any atom is 0.419 e. The third-order valence-corrected chi connectivity index (χ3v) is 2.01. The highest BCUT2D eigenvalue weighted by atomic mass is 19.4. The summed E-state index contributed by atoms with van der Waals surface area (Å²) in [4.78, 5) is 10.8. The van der Waals surface area contributed by atoms with Gasteiger partial charge in [-0.1, -0.05) is 6.07 Å². The molecule has 1 aromatic carbocycles. The Morgan fingerprint density at radius 3 is 2.20 bits per heavy atom. The summed E-state index contributed by atoms with van der Waals surface area (Å²) in [6.07, 6.45) is -4.78. The molecule has 0 bridgehead atoms. The van der Waals surface area contributed by atoms with E-state index in [0.717, 1.165) is 26.0 Å². The third kappa shape index (κ3) is 2.16. The van der Waals surface area contributed by atoms with E-state index in [9.17, 15) is 22.4 Å². The number of benzene rings is 1. The van der Waals surface area contributed by atoms with Crippen molar-refractivity contribution in [2.45, 2.75) is 20.0 Å². The summed E-state index contributed by atoms with van der Waals surface area (Å²) in [5, 5.41) is 0. The van der Waals surface area contributed by atoms with Gasteiger partial charge in [0.1, 0.15) is 5.82 Å². The summed E-state index contributed by atoms with van der Waals surface area (Å²) < 4.78 is 50.5. The second-order valence-corrected chi connectivity index (χ2v) is 3.17. The van der Waals surface area contributed by atoms with Crippen LogP contribution in [0, 0.1) is 12.7 Å². The van der Waals surface area contributed by atoms with Crippen LogP contribution in [0.3, 0.4) is 0 Å². The van der Waals surface area contributed by atoms with Crippen molar-refractivity contribution < 1.29 is 22.4 Å². The predicted molar refractivity (Wildman–Crippen MR) is 46.1 cm³/mol. The summed E-state index contributed by atoms with van der Waals surface area (Å²) >= 11 is 0. The minimum atomic E-state index is -4.78. The first kappa shape index (κ1) is 11.7. The Balaban J connectivity index is 3.51. The van der Waals surface area contributed by atoms with E-state index in [4.69, 9.17) is 0 Å². The predicted octanol–water partition coefficient (Wildman–Crippen LogP) is 3.36. The molecule has 0 heterocycles. The summed E-state index contributed by atoms with van der Waals surface area (Å²) in [6, 6.07) is 2.14. The van der Waals surface area contributed by atoms with Crippen molar-refractivity contribution in [3.8, 4) is 0 Å². The molecule has 0 atom stereocenters. The highest BCUT2D eigenvalue weighted by Gasteiger charge is 2.37. The van der Waals surface area contributed by atoms with E-state index >= 15 is 0 Å². The molecule has 0 fully saturated rings. The van der Waals surface area contributed by atoms with E-state index in [2.05, 4.69) is 0 Å². The number of ketones is 1. The van der Waals surface area contributed by atoms with E-state index in [1.807, 2.05) is 0 Å². The fourth-order valence-electron chi connectivity index (χ4n) is 1.29. The Morgan fingerprint density at radius 1 is 1.27 bits per heavy atom. The van der Waals surface area contributed by atoms with Gasteiger partial charge in [0.2, 0.25) is 0 Å². The number of Topliss-reactive ketones (excluding diaryl/α,β-unsaturated/α-hetero) is 1. The van der Waals surface area contributed by atoms with Gasteiger partial charge in [-0.25, -0.2) is 4.39 Å². The van der Waals surface area contributed by atoms with Gasteiger partial charge < -0.3 is 0 Å². The van der Waals surface area contributed by atoms with Gasteiger partial charge in [-0.15, -0.1) is 0 Å². The quantitative estimate of drug-likeness (QED) is 0.524. The molecule has 0 amide bonds. The summed E-state index contributed by atoms with van der Waals surface area (Å²) in [7, 11) is 0. The number of halogens is 4. The van der Waals surface area contributed by atoms with E-state index in [-0.39, 0.29) is 5.56 Å². The van der Waals surface area contributed by atoms with E-state index < -0.39 is 28.9 Å². The van der Waals surface area contributed by atoms with Gasteiger partial charge in [0, 0.05) is 0 Å². The third-order valence-electron chi connectivity index (χ3n) is 2.01. The number of hydrogen-bond donors (Lipinski definition) is 0. The molecular formula is C10H8F4O. The van der Waals surface area contributed by atoms with Crippen molar-refractivity contribution in [3.63, 3.8) is 0 Å². The number of rotatable bonds is 1. The van der Waals surface area contributed by atoms with Crippen molar-refractivity contribution in [2.75, 3.05) is 0 Å². The molecule has 0 spiro atoms. The van der Waals surface area contributed by atoms with Crippen molar-refractivity contribution in [3.05, 3.63) is 34.6 Å². The van der Waals surface area contributed by atoms with Crippen LogP contribution in [0.2, 0.25) is 0 Å². The molecule has 0 unspecified atom stereocenters. The largest absolute Gasteiger partial charge is 0.419 e. The Kier molecular flexibility index (Phi) is 2.83. The average Bonchev–Trinajstić information content (AvgIpc) is 2.00. The van der Waals surface area contributed by atoms with Gasteiger partial charge in [0.15, 0.2) is 5.78 Å². The van der Waals surface area contributed by atoms with Crippen LogP contribution in [0.25, 0.3) is 0 Å². The molecule has 1 rings (SSSR count). The number of carbonyl (C=O) groups is 1. The standard InChI is InChI=1S/C10H8F4O/c1-5-3-4-7(6(2)15)9(11)8(5)10(12,13)14/h3-4H,1-2H3. The van der Waals surface area contributed by atoms with Gasteiger partial charge in [0.25, 0.3) is 0 Å². The van der Waals surface area contributed by atoms with Crippen LogP contribution < -0.4 is 0 Å². The van der Waals surface area contributed by atoms with E-state index in [1.54, 1.807) is 0 Å². The lowest BCUT2D eigenvalue weighted by Crippen LogP contribution is -2.13. The first-order chi connectivity index (χ1) is 6.75. The van der Waals surface area contributed by atoms with Crippen LogP contribution in [0.1, 0.15) is 28.4 Å². The second-order valence-electron chi connectivity index (χ2n) is 3.17. The molecule has 0 aromatic heterocycles. The Bertz CT molecular complexity index is 407. The summed E-state index contributed by atoms with van der Waals surface area (Å²) in [5.74, 6) is -2.21. The Hall–Kier alpha value is -1.39. The van der Waals surface area contributed by atoms with Crippen LogP contribution >= 0.6 is 0 Å². The molecule has 5 heteroatoms. The molecule has 0 aliphatic carbocycles. The van der Waals surface area contributed by atoms with E-state index in [1.165, 1.54) is 0 Å². The highest BCUT2D eigenvalue weighted by Crippen LogP contribution is 2.35. The van der Waals surface area contributed by atoms with Crippen LogP contribution in [0.15, 0.2) is 12.1 Å². The van der Waals surface area contributed by atoms with Crippen molar-refractivity contribution in [1.82, 2.24) is 0 Å². The Morgan fingerprint density at radius 2 is 1.80 bits per heavy atom. The number of carbonyl (C=O) groups excluding carboxylic acids is 1. The summed E-state index contributed by atoms with van der Waals surface area (Å²) in [6.45, 7) is 2.17. The molecule has 0 saturated heterocycles. The van der Waals surface area contributed by atoms with Gasteiger partial charge in [-0.2, -0.15) is 13.2 Å². The Labute approximate surface area is 83.7 Å². The molecule has 1 nitrogen and oxygen atoms in total. The van der Waals surface area contributed by atoms with Crippen molar-refractivity contribution >= 4 is 5.78 Å². The SMILES string of the molecule is CC(=O)c1ccc(C)c(C(F)(F)F)c1F. The topological polar surface area (TPSA) is 17.1 Å². The highest BCUT2D eigenvalue weighted by molar-refractivity contribution is 5.94. The normalized spacial score (nSPS) is 11.6. The molecular weight excluding hydrogens is 212 g/mol. The molecule has 1 aromatic rings. The molecule has 0 aliphatic rings. The molecule has 82 valence electrons. The van der Waals surface area contributed by atoms with Crippen LogP contribution in [-0.2, 0) is 6.18 Å². The number of aryl methyl sites for hydroxylation is 1. The zero-order chi connectivity index (χ0) is 11.8. The van der Waals surface area contributed by atoms with Gasteiger partial charge in [0.05, 0.1) is 11.1 Å². The van der Waals surface area contributed by atoms with Gasteiger partial charge >= 0.3 is 6.18 Å². The van der Waals surface area contributed by atoms with Gasteiger partial charge in [-0.3, -0.25) is 4.79 Å². The lowest BCUT2D eigenvalue weighted by Gasteiger charge is -2.12. The molecule has 0 aliphatic heterocycles. The van der Waals surface area contributed by atoms with E-state index in [0.29, 0.717) is 0 Å². The smallest absolute Gasteiger partial charge is 0.294 e. The second kappa shape index (κ2) is 3.64. The maximum atomic E-state index is 13.3. The fraction of sp³-hybridized carbons (Fsp3) is 0.300. The maximum absolute atomic E-state index is 13.3. The molecule has 0 N–H and O–H groups in total. The minimum Gasteiger partial charge on any atom is -0.294 e. The van der Waals surface area contributed by atoms with Crippen LogP contribution in [0.4, 0.5) is 17.6 Å². The lowest BCUT2D eigenvalue weighted by molar-refractivity contribution is -0.140. The lowest BCUT2D eigenvalue weighted by atomic mass is 10.0. The van der Waals surface area contributed by atoms with Gasteiger partial charge in [-0.05, 0) is 25.5 Å². The minimum absolute atomic E-state index is 0.231. The first-order valence-corrected chi connectivity index (χ1v) is 4.12. The molecule has 0 saturated carbocycles.